The average molecular weight is 250 g/mol. The van der Waals surface area contributed by atoms with E-state index in [0.29, 0.717) is 0 Å². The Labute approximate surface area is 87.4 Å². The first kappa shape index (κ1) is 11.8. The van der Waals surface area contributed by atoms with Gasteiger partial charge in [0.05, 0.1) is 5.03 Å². The van der Waals surface area contributed by atoms with Crippen molar-refractivity contribution < 1.29 is 17.6 Å². The van der Waals surface area contributed by atoms with E-state index in [2.05, 4.69) is 4.99 Å². The lowest BCUT2D eigenvalue weighted by atomic mass is 9.92. The van der Waals surface area contributed by atoms with Crippen LogP contribution in [0.3, 0.4) is 0 Å². The quantitative estimate of drug-likeness (QED) is 0.457. The summed E-state index contributed by atoms with van der Waals surface area (Å²) in [7, 11) is 0. The molecule has 2 unspecified atom stereocenters. The third-order valence-electron chi connectivity index (χ3n) is 1.91. The highest BCUT2D eigenvalue weighted by Crippen LogP contribution is 2.42. The van der Waals surface area contributed by atoms with Crippen LogP contribution in [0.15, 0.2) is 16.0 Å². The van der Waals surface area contributed by atoms with Crippen LogP contribution in [-0.4, -0.2) is 11.3 Å². The monoisotopic (exact) mass is 249 g/mol. The largest absolute Gasteiger partial charge is 0.398 e. The molecule has 0 radical (unpaired) electrons. The van der Waals surface area contributed by atoms with E-state index in [0.717, 1.165) is 6.92 Å². The maximum atomic E-state index is 12.7. The zero-order valence-electron chi connectivity index (χ0n) is 6.87. The summed E-state index contributed by atoms with van der Waals surface area (Å²) in [4.78, 5) is 2.91. The predicted molar refractivity (Wildman–Crippen MR) is 46.0 cm³/mol. The molecule has 0 N–H and O–H groups in total. The molecule has 1 nitrogen and oxygen atoms in total. The number of aliphatic imine (C=N–C) groups is 1. The maximum absolute atomic E-state index is 12.7. The van der Waals surface area contributed by atoms with Crippen molar-refractivity contribution in [2.24, 2.45) is 16.8 Å². The van der Waals surface area contributed by atoms with E-state index in [9.17, 15) is 17.6 Å². The molecule has 1 rings (SSSR count). The molecule has 0 bridgehead atoms. The van der Waals surface area contributed by atoms with Crippen LogP contribution in [0.2, 0.25) is 0 Å². The molecule has 0 fully saturated rings. The minimum Gasteiger partial charge on any atom is -0.211 e. The molecule has 1 aliphatic heterocycles. The second-order valence-electron chi connectivity index (χ2n) is 2.88. The van der Waals surface area contributed by atoms with Crippen molar-refractivity contribution in [1.82, 2.24) is 0 Å². The Bertz CT molecular complexity index is 307. The number of nitrogens with zero attached hydrogens (tertiary/aromatic N) is 1. The van der Waals surface area contributed by atoms with E-state index in [1.807, 2.05) is 0 Å². The van der Waals surface area contributed by atoms with Gasteiger partial charge < -0.3 is 0 Å². The minimum absolute atomic E-state index is 0.545. The van der Waals surface area contributed by atoms with Crippen LogP contribution < -0.4 is 0 Å². The van der Waals surface area contributed by atoms with Gasteiger partial charge in [0.1, 0.15) is 11.1 Å². The first-order chi connectivity index (χ1) is 6.25. The van der Waals surface area contributed by atoms with E-state index in [-0.39, 0.29) is 0 Å². The zero-order chi connectivity index (χ0) is 11.1. The average Bonchev–Trinajstić information content (AvgIpc) is 1.97. The summed E-state index contributed by atoms with van der Waals surface area (Å²) in [6.07, 6.45) is -4.57. The molecule has 2 atom stereocenters. The van der Waals surface area contributed by atoms with Crippen LogP contribution in [0.1, 0.15) is 6.92 Å². The fourth-order valence-corrected chi connectivity index (χ4v) is 1.73. The van der Waals surface area contributed by atoms with Crippen molar-refractivity contribution in [3.05, 3.63) is 11.0 Å². The van der Waals surface area contributed by atoms with Crippen molar-refractivity contribution >= 4 is 28.4 Å². The van der Waals surface area contributed by atoms with Crippen LogP contribution in [0.4, 0.5) is 17.6 Å². The Kier molecular flexibility index (Phi) is 3.11. The van der Waals surface area contributed by atoms with Gasteiger partial charge in [0, 0.05) is 5.92 Å². The zero-order valence-corrected chi connectivity index (χ0v) is 8.38. The van der Waals surface area contributed by atoms with E-state index in [1.165, 1.54) is 0 Å². The molecular weight excluding hydrogens is 245 g/mol. The number of allylic oxidation sites excluding steroid dienone is 1. The molecule has 1 heterocycles. The molecule has 0 spiro atoms. The number of hydrogen-bond donors (Lipinski definition) is 0. The molecule has 0 amide bonds. The number of halogens is 6. The second-order valence-corrected chi connectivity index (χ2v) is 3.68. The van der Waals surface area contributed by atoms with Crippen LogP contribution in [0, 0.1) is 11.8 Å². The SMILES string of the molecule is CC1C(Cl)=C(F)N=C(Cl)C1C(F)(F)F. The molecule has 0 aromatic carbocycles. The number of hydrogen-bond acceptors (Lipinski definition) is 1. The Morgan fingerprint density at radius 1 is 1.29 bits per heavy atom. The van der Waals surface area contributed by atoms with Gasteiger partial charge in [-0.15, -0.1) is 0 Å². The summed E-state index contributed by atoms with van der Waals surface area (Å²) in [5, 5.41) is -1.36. The third kappa shape index (κ3) is 2.03. The summed E-state index contributed by atoms with van der Waals surface area (Å²) in [6, 6.07) is 0. The highest BCUT2D eigenvalue weighted by molar-refractivity contribution is 6.66. The lowest BCUT2D eigenvalue weighted by molar-refractivity contribution is -0.162. The highest BCUT2D eigenvalue weighted by Gasteiger charge is 2.49. The minimum atomic E-state index is -4.57. The highest BCUT2D eigenvalue weighted by atomic mass is 35.5. The van der Waals surface area contributed by atoms with E-state index < -0.39 is 34.2 Å². The lowest BCUT2D eigenvalue weighted by Gasteiger charge is -2.27. The standard InChI is InChI=1S/C7H5Cl2F4N/c1-2-3(7(11,12)13)5(9)14-6(10)4(2)8/h2-3H,1H3. The van der Waals surface area contributed by atoms with Crippen LogP contribution >= 0.6 is 23.2 Å². The van der Waals surface area contributed by atoms with Gasteiger partial charge in [-0.25, -0.2) is 4.99 Å². The molecule has 0 aromatic heterocycles. The Morgan fingerprint density at radius 3 is 2.21 bits per heavy atom. The molecular formula is C7H5Cl2F4N. The van der Waals surface area contributed by atoms with Gasteiger partial charge in [-0.3, -0.25) is 0 Å². The fraction of sp³-hybridized carbons (Fsp3) is 0.571. The molecule has 80 valence electrons. The van der Waals surface area contributed by atoms with E-state index in [4.69, 9.17) is 23.2 Å². The first-order valence-corrected chi connectivity index (χ1v) is 4.36. The van der Waals surface area contributed by atoms with Crippen LogP contribution in [0.25, 0.3) is 0 Å². The third-order valence-corrected chi connectivity index (χ3v) is 2.73. The number of rotatable bonds is 0. The molecule has 0 saturated carbocycles. The van der Waals surface area contributed by atoms with Crippen molar-refractivity contribution in [1.29, 1.82) is 0 Å². The fourth-order valence-electron chi connectivity index (χ4n) is 1.18. The second kappa shape index (κ2) is 3.70. The first-order valence-electron chi connectivity index (χ1n) is 3.61. The van der Waals surface area contributed by atoms with Gasteiger partial charge in [-0.2, -0.15) is 17.6 Å². The van der Waals surface area contributed by atoms with Gasteiger partial charge in [-0.1, -0.05) is 30.1 Å². The Hall–Kier alpha value is -0.290. The molecule has 0 aromatic rings. The van der Waals surface area contributed by atoms with Crippen molar-refractivity contribution in [3.63, 3.8) is 0 Å². The molecule has 14 heavy (non-hydrogen) atoms. The molecule has 0 saturated heterocycles. The van der Waals surface area contributed by atoms with Gasteiger partial charge in [0.15, 0.2) is 0 Å². The summed E-state index contributed by atoms with van der Waals surface area (Å²) in [5.41, 5.74) is 0. The molecule has 1 aliphatic rings. The van der Waals surface area contributed by atoms with E-state index in [1.54, 1.807) is 0 Å². The summed E-state index contributed by atoms with van der Waals surface area (Å²) in [5.74, 6) is -4.40. The van der Waals surface area contributed by atoms with Gasteiger partial charge >= 0.3 is 6.18 Å². The predicted octanol–water partition coefficient (Wildman–Crippen LogP) is 3.83. The Balaban J connectivity index is 3.11. The smallest absolute Gasteiger partial charge is 0.211 e. The number of alkyl halides is 3. The van der Waals surface area contributed by atoms with E-state index >= 15 is 0 Å². The van der Waals surface area contributed by atoms with Crippen molar-refractivity contribution in [3.8, 4) is 0 Å². The maximum Gasteiger partial charge on any atom is 0.398 e. The summed E-state index contributed by atoms with van der Waals surface area (Å²) in [6.45, 7) is 1.15. The van der Waals surface area contributed by atoms with Gasteiger partial charge in [0.25, 0.3) is 0 Å². The summed E-state index contributed by atoms with van der Waals surface area (Å²) < 4.78 is 49.9. The Morgan fingerprint density at radius 2 is 1.79 bits per heavy atom. The van der Waals surface area contributed by atoms with Crippen molar-refractivity contribution in [2.75, 3.05) is 0 Å². The summed E-state index contributed by atoms with van der Waals surface area (Å²) >= 11 is 10.5. The lowest BCUT2D eigenvalue weighted by Crippen LogP contribution is -2.35. The van der Waals surface area contributed by atoms with Gasteiger partial charge in [-0.05, 0) is 0 Å². The van der Waals surface area contributed by atoms with Crippen molar-refractivity contribution in [2.45, 2.75) is 13.1 Å². The topological polar surface area (TPSA) is 12.4 Å². The van der Waals surface area contributed by atoms with Gasteiger partial charge in [0.2, 0.25) is 5.95 Å². The normalized spacial score (nSPS) is 29.2. The van der Waals surface area contributed by atoms with Crippen LogP contribution in [-0.2, 0) is 0 Å². The molecule has 0 aliphatic carbocycles. The van der Waals surface area contributed by atoms with Crippen LogP contribution in [0.5, 0.6) is 0 Å². The molecule has 7 heteroatoms.